The summed E-state index contributed by atoms with van der Waals surface area (Å²) >= 11 is 0. The van der Waals surface area contributed by atoms with Crippen molar-refractivity contribution in [3.8, 4) is 17.1 Å². The minimum atomic E-state index is 0.815. The van der Waals surface area contributed by atoms with Gasteiger partial charge in [-0.3, -0.25) is 0 Å². The molecule has 0 fully saturated rings. The van der Waals surface area contributed by atoms with Gasteiger partial charge in [0.1, 0.15) is 11.6 Å². The number of imidazole rings is 1. The molecule has 1 N–H and O–H groups in total. The van der Waals surface area contributed by atoms with E-state index < -0.39 is 0 Å². The Morgan fingerprint density at radius 1 is 1.39 bits per heavy atom. The average molecular weight is 245 g/mol. The zero-order chi connectivity index (χ0) is 13.0. The predicted octanol–water partition coefficient (Wildman–Crippen LogP) is 2.21. The number of nitrogens with zero attached hydrogens (tertiary/aromatic N) is 2. The van der Waals surface area contributed by atoms with Crippen LogP contribution in [0.1, 0.15) is 12.5 Å². The predicted molar refractivity (Wildman–Crippen MR) is 72.6 cm³/mol. The largest absolute Gasteiger partial charge is 0.497 e. The summed E-state index contributed by atoms with van der Waals surface area (Å²) in [5, 5.41) is 3.35. The smallest absolute Gasteiger partial charge is 0.139 e. The highest BCUT2D eigenvalue weighted by Crippen LogP contribution is 2.25. The van der Waals surface area contributed by atoms with E-state index in [4.69, 9.17) is 4.74 Å². The van der Waals surface area contributed by atoms with Gasteiger partial charge in [-0.1, -0.05) is 6.92 Å². The van der Waals surface area contributed by atoms with Crippen LogP contribution in [0, 0.1) is 0 Å². The maximum absolute atomic E-state index is 5.28. The summed E-state index contributed by atoms with van der Waals surface area (Å²) in [6, 6.07) is 6.10. The first kappa shape index (κ1) is 12.6. The number of ether oxygens (including phenoxy) is 1. The normalized spacial score (nSPS) is 10.6. The van der Waals surface area contributed by atoms with E-state index in [1.165, 1.54) is 5.56 Å². The molecule has 1 aromatic heterocycles. The molecule has 96 valence electrons. The molecule has 0 aliphatic rings. The van der Waals surface area contributed by atoms with Crippen LogP contribution >= 0.6 is 0 Å². The zero-order valence-corrected chi connectivity index (χ0v) is 11.1. The quantitative estimate of drug-likeness (QED) is 0.877. The second-order valence-corrected chi connectivity index (χ2v) is 4.17. The third-order valence-corrected chi connectivity index (χ3v) is 2.94. The molecule has 18 heavy (non-hydrogen) atoms. The lowest BCUT2D eigenvalue weighted by Gasteiger charge is -2.11. The Bertz CT molecular complexity index is 520. The molecular formula is C14H19N3O. The van der Waals surface area contributed by atoms with Gasteiger partial charge >= 0.3 is 0 Å². The standard InChI is InChI=1S/C14H19N3O/c1-4-15-10-11-9-12(18-3)5-6-13(11)14-16-7-8-17(14)2/h5-9,15H,4,10H2,1-3H3. The number of aryl methyl sites for hydroxylation is 1. The molecule has 0 atom stereocenters. The van der Waals surface area contributed by atoms with E-state index in [-0.39, 0.29) is 0 Å². The fraction of sp³-hybridized carbons (Fsp3) is 0.357. The van der Waals surface area contributed by atoms with Crippen molar-refractivity contribution in [2.45, 2.75) is 13.5 Å². The molecular weight excluding hydrogens is 226 g/mol. The summed E-state index contributed by atoms with van der Waals surface area (Å²) < 4.78 is 7.31. The number of aromatic nitrogens is 2. The molecule has 0 saturated heterocycles. The molecule has 1 aromatic carbocycles. The maximum Gasteiger partial charge on any atom is 0.139 e. The van der Waals surface area contributed by atoms with Crippen LogP contribution in [0.15, 0.2) is 30.6 Å². The highest BCUT2D eigenvalue weighted by atomic mass is 16.5. The Morgan fingerprint density at radius 3 is 2.83 bits per heavy atom. The number of nitrogens with one attached hydrogen (secondary N) is 1. The minimum Gasteiger partial charge on any atom is -0.497 e. The van der Waals surface area contributed by atoms with Gasteiger partial charge in [-0.2, -0.15) is 0 Å². The Balaban J connectivity index is 2.42. The molecule has 2 aromatic rings. The second-order valence-electron chi connectivity index (χ2n) is 4.17. The van der Waals surface area contributed by atoms with Crippen molar-refractivity contribution in [2.24, 2.45) is 7.05 Å². The second kappa shape index (κ2) is 5.69. The molecule has 0 saturated carbocycles. The van der Waals surface area contributed by atoms with Crippen molar-refractivity contribution in [1.82, 2.24) is 14.9 Å². The Hall–Kier alpha value is -1.81. The van der Waals surface area contributed by atoms with E-state index in [0.29, 0.717) is 0 Å². The van der Waals surface area contributed by atoms with Gasteiger partial charge in [-0.15, -0.1) is 0 Å². The van der Waals surface area contributed by atoms with Crippen molar-refractivity contribution in [3.63, 3.8) is 0 Å². The van der Waals surface area contributed by atoms with Gasteiger partial charge in [0, 0.05) is 31.5 Å². The zero-order valence-electron chi connectivity index (χ0n) is 11.1. The summed E-state index contributed by atoms with van der Waals surface area (Å²) in [6.45, 7) is 3.85. The monoisotopic (exact) mass is 245 g/mol. The molecule has 0 amide bonds. The number of rotatable bonds is 5. The van der Waals surface area contributed by atoms with E-state index in [2.05, 4.69) is 29.4 Å². The third kappa shape index (κ3) is 2.54. The summed E-state index contributed by atoms with van der Waals surface area (Å²) in [4.78, 5) is 4.40. The molecule has 0 bridgehead atoms. The van der Waals surface area contributed by atoms with Crippen molar-refractivity contribution in [2.75, 3.05) is 13.7 Å². The molecule has 0 aliphatic heterocycles. The lowest BCUT2D eigenvalue weighted by atomic mass is 10.1. The number of hydrogen-bond donors (Lipinski definition) is 1. The average Bonchev–Trinajstić information content (AvgIpc) is 2.82. The lowest BCUT2D eigenvalue weighted by molar-refractivity contribution is 0.414. The van der Waals surface area contributed by atoms with Crippen LogP contribution in [0.25, 0.3) is 11.4 Å². The van der Waals surface area contributed by atoms with E-state index in [1.807, 2.05) is 30.1 Å². The lowest BCUT2D eigenvalue weighted by Crippen LogP contribution is -2.13. The fourth-order valence-electron chi connectivity index (χ4n) is 1.95. The Morgan fingerprint density at radius 2 is 2.22 bits per heavy atom. The van der Waals surface area contributed by atoms with Crippen LogP contribution < -0.4 is 10.1 Å². The van der Waals surface area contributed by atoms with Crippen molar-refractivity contribution < 1.29 is 4.74 Å². The summed E-state index contributed by atoms with van der Waals surface area (Å²) in [7, 11) is 3.69. The Kier molecular flexibility index (Phi) is 3.99. The topological polar surface area (TPSA) is 39.1 Å². The molecule has 2 rings (SSSR count). The van der Waals surface area contributed by atoms with E-state index in [0.717, 1.165) is 30.2 Å². The summed E-state index contributed by atoms with van der Waals surface area (Å²) in [5.74, 6) is 1.85. The molecule has 0 spiro atoms. The van der Waals surface area contributed by atoms with Crippen LogP contribution in [0.2, 0.25) is 0 Å². The van der Waals surface area contributed by atoms with Crippen molar-refractivity contribution in [1.29, 1.82) is 0 Å². The molecule has 0 unspecified atom stereocenters. The third-order valence-electron chi connectivity index (χ3n) is 2.94. The molecule has 4 nitrogen and oxygen atoms in total. The van der Waals surface area contributed by atoms with Crippen molar-refractivity contribution in [3.05, 3.63) is 36.2 Å². The molecule has 0 aliphatic carbocycles. The van der Waals surface area contributed by atoms with Gasteiger partial charge in [-0.25, -0.2) is 4.98 Å². The molecule has 0 radical (unpaired) electrons. The van der Waals surface area contributed by atoms with Crippen LogP contribution in [-0.4, -0.2) is 23.2 Å². The summed E-state index contributed by atoms with van der Waals surface area (Å²) in [5.41, 5.74) is 2.34. The van der Waals surface area contributed by atoms with E-state index in [1.54, 1.807) is 7.11 Å². The highest BCUT2D eigenvalue weighted by molar-refractivity contribution is 5.62. The first-order valence-electron chi connectivity index (χ1n) is 6.11. The van der Waals surface area contributed by atoms with Crippen LogP contribution in [0.5, 0.6) is 5.75 Å². The van der Waals surface area contributed by atoms with Gasteiger partial charge in [-0.05, 0) is 30.3 Å². The van der Waals surface area contributed by atoms with Gasteiger partial charge in [0.2, 0.25) is 0 Å². The van der Waals surface area contributed by atoms with E-state index in [9.17, 15) is 0 Å². The SMILES string of the molecule is CCNCc1cc(OC)ccc1-c1nccn1C. The van der Waals surface area contributed by atoms with Gasteiger partial charge in [0.05, 0.1) is 7.11 Å². The first-order valence-corrected chi connectivity index (χ1v) is 6.11. The van der Waals surface area contributed by atoms with Crippen LogP contribution in [0.3, 0.4) is 0 Å². The minimum absolute atomic E-state index is 0.815. The fourth-order valence-corrected chi connectivity index (χ4v) is 1.95. The van der Waals surface area contributed by atoms with Crippen LogP contribution in [0.4, 0.5) is 0 Å². The summed E-state index contributed by atoms with van der Waals surface area (Å²) in [6.07, 6.45) is 3.77. The maximum atomic E-state index is 5.28. The number of hydrogen-bond acceptors (Lipinski definition) is 3. The molecule has 4 heteroatoms. The van der Waals surface area contributed by atoms with Crippen molar-refractivity contribution >= 4 is 0 Å². The van der Waals surface area contributed by atoms with Gasteiger partial charge < -0.3 is 14.6 Å². The highest BCUT2D eigenvalue weighted by Gasteiger charge is 2.10. The Labute approximate surface area is 108 Å². The first-order chi connectivity index (χ1) is 8.76. The van der Waals surface area contributed by atoms with Crippen LogP contribution in [-0.2, 0) is 13.6 Å². The molecule has 1 heterocycles. The van der Waals surface area contributed by atoms with Gasteiger partial charge in [0.25, 0.3) is 0 Å². The number of methoxy groups -OCH3 is 1. The number of benzene rings is 1. The van der Waals surface area contributed by atoms with Gasteiger partial charge in [0.15, 0.2) is 0 Å². The van der Waals surface area contributed by atoms with E-state index >= 15 is 0 Å².